The number of hydrogen-bond acceptors (Lipinski definition) is 3. The molecule has 1 aliphatic rings. The van der Waals surface area contributed by atoms with E-state index < -0.39 is 0 Å². The lowest BCUT2D eigenvalue weighted by atomic mass is 10.2. The number of nitrogens with zero attached hydrogens (tertiary/aromatic N) is 1. The van der Waals surface area contributed by atoms with Crippen LogP contribution in [0.1, 0.15) is 18.4 Å². The van der Waals surface area contributed by atoms with Gasteiger partial charge in [0.25, 0.3) is 0 Å². The Kier molecular flexibility index (Phi) is 8.89. The van der Waals surface area contributed by atoms with E-state index in [1.807, 2.05) is 7.05 Å². The number of aliphatic imine (C=N–C) groups is 1. The Labute approximate surface area is 141 Å². The molecule has 108 valence electrons. The Morgan fingerprint density at radius 3 is 3.00 bits per heavy atom. The van der Waals surface area contributed by atoms with E-state index in [4.69, 9.17) is 0 Å². The second-order valence-corrected chi connectivity index (χ2v) is 6.58. The van der Waals surface area contributed by atoms with Crippen LogP contribution in [0.3, 0.4) is 0 Å². The van der Waals surface area contributed by atoms with Crippen LogP contribution in [-0.2, 0) is 6.42 Å². The number of thiophene rings is 1. The Balaban J connectivity index is 0.00000180. The molecule has 1 atom stereocenters. The van der Waals surface area contributed by atoms with Gasteiger partial charge in [-0.05, 0) is 47.4 Å². The summed E-state index contributed by atoms with van der Waals surface area (Å²) in [6.45, 7) is 1.97. The first-order valence-corrected chi connectivity index (χ1v) is 8.45. The van der Waals surface area contributed by atoms with Gasteiger partial charge in [0.05, 0.1) is 0 Å². The smallest absolute Gasteiger partial charge is 0.191 e. The minimum Gasteiger partial charge on any atom is -0.356 e. The molecule has 1 unspecified atom stereocenters. The minimum absolute atomic E-state index is 0. The van der Waals surface area contributed by atoms with Crippen molar-refractivity contribution < 1.29 is 0 Å². The zero-order chi connectivity index (χ0) is 12.6. The predicted molar refractivity (Wildman–Crippen MR) is 98.3 cm³/mol. The molecule has 1 saturated heterocycles. The lowest BCUT2D eigenvalue weighted by Gasteiger charge is -2.14. The van der Waals surface area contributed by atoms with Gasteiger partial charge in [-0.25, -0.2) is 0 Å². The second-order valence-electron chi connectivity index (χ2n) is 4.40. The van der Waals surface area contributed by atoms with Crippen LogP contribution < -0.4 is 10.6 Å². The highest BCUT2D eigenvalue weighted by molar-refractivity contribution is 14.0. The molecule has 0 amide bonds. The molecule has 0 aromatic carbocycles. The summed E-state index contributed by atoms with van der Waals surface area (Å²) in [5.41, 5.74) is 1.40. The van der Waals surface area contributed by atoms with Gasteiger partial charge >= 0.3 is 0 Å². The molecule has 2 N–H and O–H groups in total. The summed E-state index contributed by atoms with van der Waals surface area (Å²) in [4.78, 5) is 4.26. The van der Waals surface area contributed by atoms with Gasteiger partial charge in [-0.2, -0.15) is 23.1 Å². The molecule has 0 bridgehead atoms. The average Bonchev–Trinajstić information content (AvgIpc) is 3.06. The Bertz CT molecular complexity index is 362. The first-order valence-electron chi connectivity index (χ1n) is 6.45. The molecule has 2 rings (SSSR count). The lowest BCUT2D eigenvalue weighted by molar-refractivity contribution is 0.724. The summed E-state index contributed by atoms with van der Waals surface area (Å²) in [5, 5.41) is 11.9. The van der Waals surface area contributed by atoms with E-state index >= 15 is 0 Å². The largest absolute Gasteiger partial charge is 0.356 e. The fourth-order valence-corrected chi connectivity index (χ4v) is 3.90. The molecule has 0 saturated carbocycles. The summed E-state index contributed by atoms with van der Waals surface area (Å²) >= 11 is 3.83. The summed E-state index contributed by atoms with van der Waals surface area (Å²) < 4.78 is 0. The monoisotopic (exact) mass is 411 g/mol. The molecule has 19 heavy (non-hydrogen) atoms. The van der Waals surface area contributed by atoms with E-state index in [0.29, 0.717) is 0 Å². The Hall–Kier alpha value is 0.0500. The fraction of sp³-hybridized carbons (Fsp3) is 0.615. The fourth-order valence-electron chi connectivity index (χ4n) is 2.00. The highest BCUT2D eigenvalue weighted by Crippen LogP contribution is 2.25. The minimum atomic E-state index is 0. The van der Waals surface area contributed by atoms with Crippen molar-refractivity contribution >= 4 is 53.0 Å². The maximum Gasteiger partial charge on any atom is 0.191 e. The van der Waals surface area contributed by atoms with Crippen LogP contribution in [0.5, 0.6) is 0 Å². The molecule has 0 radical (unpaired) electrons. The third-order valence-corrected chi connectivity index (χ3v) is 5.16. The quantitative estimate of drug-likeness (QED) is 0.445. The maximum absolute atomic E-state index is 4.26. The molecule has 1 fully saturated rings. The van der Waals surface area contributed by atoms with Crippen molar-refractivity contribution in [3.63, 3.8) is 0 Å². The number of nitrogens with one attached hydrogen (secondary N) is 2. The second kappa shape index (κ2) is 9.88. The first kappa shape index (κ1) is 17.1. The van der Waals surface area contributed by atoms with E-state index in [9.17, 15) is 0 Å². The van der Waals surface area contributed by atoms with Gasteiger partial charge in [0.15, 0.2) is 5.96 Å². The number of guanidine groups is 1. The van der Waals surface area contributed by atoms with Gasteiger partial charge in [-0.3, -0.25) is 4.99 Å². The van der Waals surface area contributed by atoms with E-state index in [-0.39, 0.29) is 24.0 Å². The first-order chi connectivity index (χ1) is 8.88. The van der Waals surface area contributed by atoms with Crippen molar-refractivity contribution in [2.75, 3.05) is 25.9 Å². The van der Waals surface area contributed by atoms with E-state index in [0.717, 1.165) is 30.7 Å². The van der Waals surface area contributed by atoms with Crippen LogP contribution in [0.4, 0.5) is 0 Å². The molecule has 1 aliphatic heterocycles. The third kappa shape index (κ3) is 6.35. The number of hydrogen-bond donors (Lipinski definition) is 2. The summed E-state index contributed by atoms with van der Waals surface area (Å²) in [6, 6.07) is 2.18. The van der Waals surface area contributed by atoms with Crippen LogP contribution in [0.15, 0.2) is 21.8 Å². The number of thioether (sulfide) groups is 1. The van der Waals surface area contributed by atoms with E-state index in [1.54, 1.807) is 11.3 Å². The van der Waals surface area contributed by atoms with Crippen molar-refractivity contribution in [2.45, 2.75) is 24.5 Å². The topological polar surface area (TPSA) is 36.4 Å². The van der Waals surface area contributed by atoms with Crippen LogP contribution in [0.2, 0.25) is 0 Å². The SMILES string of the molecule is CN=C(NCCc1ccsc1)NCC1CCCS1.I. The Morgan fingerprint density at radius 2 is 2.37 bits per heavy atom. The number of rotatable bonds is 5. The molecule has 0 aliphatic carbocycles. The maximum atomic E-state index is 4.26. The highest BCUT2D eigenvalue weighted by atomic mass is 127. The summed E-state index contributed by atoms with van der Waals surface area (Å²) in [6.07, 6.45) is 3.76. The van der Waals surface area contributed by atoms with Crippen LogP contribution in [-0.4, -0.2) is 37.1 Å². The third-order valence-electron chi connectivity index (χ3n) is 3.03. The molecule has 0 spiro atoms. The average molecular weight is 411 g/mol. The summed E-state index contributed by atoms with van der Waals surface area (Å²) in [7, 11) is 1.84. The van der Waals surface area contributed by atoms with Gasteiger partial charge in [0.1, 0.15) is 0 Å². The van der Waals surface area contributed by atoms with Gasteiger partial charge in [-0.15, -0.1) is 24.0 Å². The van der Waals surface area contributed by atoms with Gasteiger partial charge in [-0.1, -0.05) is 0 Å². The van der Waals surface area contributed by atoms with Crippen molar-refractivity contribution in [1.82, 2.24) is 10.6 Å². The Morgan fingerprint density at radius 1 is 1.47 bits per heavy atom. The van der Waals surface area contributed by atoms with Crippen molar-refractivity contribution in [2.24, 2.45) is 4.99 Å². The zero-order valence-corrected chi connectivity index (χ0v) is 15.2. The van der Waals surface area contributed by atoms with E-state index in [2.05, 4.69) is 44.2 Å². The summed E-state index contributed by atoms with van der Waals surface area (Å²) in [5.74, 6) is 2.24. The highest BCUT2D eigenvalue weighted by Gasteiger charge is 2.15. The van der Waals surface area contributed by atoms with E-state index in [1.165, 1.54) is 24.2 Å². The van der Waals surface area contributed by atoms with Crippen LogP contribution >= 0.6 is 47.1 Å². The molecule has 2 heterocycles. The number of halogens is 1. The van der Waals surface area contributed by atoms with Gasteiger partial charge < -0.3 is 10.6 Å². The predicted octanol–water partition coefficient (Wildman–Crippen LogP) is 2.97. The van der Waals surface area contributed by atoms with Gasteiger partial charge in [0, 0.05) is 25.4 Å². The standard InChI is InChI=1S/C13H21N3S2.HI/c1-14-13(16-9-12-3-2-7-18-12)15-6-4-11-5-8-17-10-11;/h5,8,10,12H,2-4,6-7,9H2,1H3,(H2,14,15,16);1H. The lowest BCUT2D eigenvalue weighted by Crippen LogP contribution is -2.40. The normalized spacial score (nSPS) is 19.0. The van der Waals surface area contributed by atoms with Crippen LogP contribution in [0.25, 0.3) is 0 Å². The van der Waals surface area contributed by atoms with Crippen molar-refractivity contribution in [3.05, 3.63) is 22.4 Å². The molecular formula is C13H22IN3S2. The molecule has 6 heteroatoms. The molecule has 1 aromatic heterocycles. The molecular weight excluding hydrogens is 389 g/mol. The zero-order valence-electron chi connectivity index (χ0n) is 11.2. The van der Waals surface area contributed by atoms with Gasteiger partial charge in [0.2, 0.25) is 0 Å². The van der Waals surface area contributed by atoms with Crippen LogP contribution in [0, 0.1) is 0 Å². The molecule has 1 aromatic rings. The van der Waals surface area contributed by atoms with Crippen molar-refractivity contribution in [3.8, 4) is 0 Å². The van der Waals surface area contributed by atoms with Crippen molar-refractivity contribution in [1.29, 1.82) is 0 Å². The molecule has 3 nitrogen and oxygen atoms in total.